The lowest BCUT2D eigenvalue weighted by Crippen LogP contribution is -2.25. The zero-order chi connectivity index (χ0) is 20.2. The number of aromatic amines is 1. The molecule has 2 aromatic heterocycles. The lowest BCUT2D eigenvalue weighted by molar-refractivity contribution is 0.403. The summed E-state index contributed by atoms with van der Waals surface area (Å²) < 4.78 is 29.2. The summed E-state index contributed by atoms with van der Waals surface area (Å²) in [6, 6.07) is 4.77. The monoisotopic (exact) mass is 449 g/mol. The van der Waals surface area contributed by atoms with Gasteiger partial charge in [0.25, 0.3) is 0 Å². The van der Waals surface area contributed by atoms with E-state index < -0.39 is 10.0 Å². The van der Waals surface area contributed by atoms with E-state index in [1.54, 1.807) is 18.5 Å². The summed E-state index contributed by atoms with van der Waals surface area (Å²) in [6.07, 6.45) is 3.60. The van der Waals surface area contributed by atoms with Crippen molar-refractivity contribution in [1.29, 1.82) is 0 Å². The van der Waals surface area contributed by atoms with Crippen LogP contribution in [0, 0.1) is 5.92 Å². The first kappa shape index (κ1) is 20.4. The quantitative estimate of drug-likeness (QED) is 0.536. The molecule has 1 atom stereocenters. The molecule has 0 saturated carbocycles. The minimum atomic E-state index is -3.97. The van der Waals surface area contributed by atoms with Crippen molar-refractivity contribution in [3.05, 3.63) is 36.3 Å². The molecule has 1 saturated heterocycles. The van der Waals surface area contributed by atoms with Crippen LogP contribution in [0.5, 0.6) is 5.75 Å². The number of sulfonamides is 1. The van der Waals surface area contributed by atoms with Crippen molar-refractivity contribution in [2.45, 2.75) is 4.90 Å². The number of hydrogen-bond acceptors (Lipinski definition) is 8. The highest BCUT2D eigenvalue weighted by molar-refractivity contribution is 7.89. The zero-order valence-corrected chi connectivity index (χ0v) is 17.6. The minimum Gasteiger partial charge on any atom is -0.495 e. The number of anilines is 1. The van der Waals surface area contributed by atoms with E-state index in [9.17, 15) is 8.42 Å². The fraction of sp³-hybridized carbons (Fsp3) is 0.278. The Labute approximate surface area is 179 Å². The van der Waals surface area contributed by atoms with Crippen molar-refractivity contribution in [1.82, 2.24) is 25.3 Å². The first-order chi connectivity index (χ1) is 13.9. The van der Waals surface area contributed by atoms with Crippen LogP contribution in [0.4, 0.5) is 5.95 Å². The van der Waals surface area contributed by atoms with Gasteiger partial charge in [0.15, 0.2) is 5.65 Å². The second kappa shape index (κ2) is 7.42. The standard InChI is InChI=1S/C18H19N7O3S.ClH/c1-28-13-3-2-10(4-14(13)29(19,26)27)15-16-17(22-9-21-16)24-18(23-15)25-7-11-5-20-6-12(11)8-25;/h2-5,9,12,20H,6-8H2,1H3,(H2,19,26,27)(H,21,22,23,24);1H. The molecule has 4 heterocycles. The molecule has 2 aliphatic heterocycles. The number of hydrogen-bond donors (Lipinski definition) is 3. The molecule has 12 heteroatoms. The number of nitrogens with zero attached hydrogens (tertiary/aromatic N) is 4. The minimum absolute atomic E-state index is 0. The largest absolute Gasteiger partial charge is 0.495 e. The van der Waals surface area contributed by atoms with Crippen LogP contribution in [-0.4, -0.2) is 55.1 Å². The third-order valence-corrected chi connectivity index (χ3v) is 6.22. The van der Waals surface area contributed by atoms with Gasteiger partial charge in [-0.2, -0.15) is 4.98 Å². The predicted octanol–water partition coefficient (Wildman–Crippen LogP) is 1.02. The van der Waals surface area contributed by atoms with Gasteiger partial charge in [0.05, 0.1) is 13.4 Å². The Hall–Kier alpha value is -2.89. The number of primary sulfonamides is 1. The van der Waals surface area contributed by atoms with Crippen LogP contribution in [0.1, 0.15) is 0 Å². The molecule has 0 amide bonds. The van der Waals surface area contributed by atoms with Gasteiger partial charge in [0.2, 0.25) is 16.0 Å². The topological polar surface area (TPSA) is 139 Å². The van der Waals surface area contributed by atoms with E-state index in [4.69, 9.17) is 14.9 Å². The number of nitrogens with two attached hydrogens (primary N) is 1. The molecule has 3 aromatic rings. The maximum atomic E-state index is 12.0. The average molecular weight is 450 g/mol. The fourth-order valence-corrected chi connectivity index (χ4v) is 4.58. The summed E-state index contributed by atoms with van der Waals surface area (Å²) >= 11 is 0. The summed E-state index contributed by atoms with van der Waals surface area (Å²) in [4.78, 5) is 18.7. The summed E-state index contributed by atoms with van der Waals surface area (Å²) in [5.74, 6) is 1.19. The molecule has 0 bridgehead atoms. The van der Waals surface area contributed by atoms with Gasteiger partial charge in [-0.05, 0) is 30.0 Å². The highest BCUT2D eigenvalue weighted by Gasteiger charge is 2.32. The molecule has 158 valence electrons. The van der Waals surface area contributed by atoms with Crippen LogP contribution in [0.25, 0.3) is 22.4 Å². The molecular formula is C18H20ClN7O3S. The van der Waals surface area contributed by atoms with Crippen LogP contribution in [0.15, 0.2) is 41.2 Å². The van der Waals surface area contributed by atoms with Gasteiger partial charge in [-0.25, -0.2) is 23.5 Å². The van der Waals surface area contributed by atoms with Gasteiger partial charge in [0, 0.05) is 31.1 Å². The van der Waals surface area contributed by atoms with Crippen molar-refractivity contribution in [3.63, 3.8) is 0 Å². The fourth-order valence-electron chi connectivity index (χ4n) is 3.86. The number of halogens is 1. The average Bonchev–Trinajstić information content (AvgIpc) is 3.41. The number of ether oxygens (including phenoxy) is 1. The van der Waals surface area contributed by atoms with Gasteiger partial charge in [-0.15, -0.1) is 12.4 Å². The third-order valence-electron chi connectivity index (χ3n) is 5.29. The molecule has 1 unspecified atom stereocenters. The molecule has 0 aliphatic carbocycles. The number of benzene rings is 1. The highest BCUT2D eigenvalue weighted by Crippen LogP contribution is 2.34. The lowest BCUT2D eigenvalue weighted by atomic mass is 10.1. The Morgan fingerprint density at radius 1 is 1.30 bits per heavy atom. The van der Waals surface area contributed by atoms with Crippen molar-refractivity contribution >= 4 is 39.5 Å². The Morgan fingerprint density at radius 2 is 2.13 bits per heavy atom. The van der Waals surface area contributed by atoms with Crippen molar-refractivity contribution in [2.75, 3.05) is 31.6 Å². The number of imidazole rings is 1. The second-order valence-corrected chi connectivity index (χ2v) is 8.62. The third kappa shape index (κ3) is 3.34. The number of rotatable bonds is 4. The molecule has 10 nitrogen and oxygen atoms in total. The molecule has 0 spiro atoms. The van der Waals surface area contributed by atoms with Gasteiger partial charge < -0.3 is 19.9 Å². The van der Waals surface area contributed by atoms with Gasteiger partial charge in [-0.1, -0.05) is 0 Å². The molecular weight excluding hydrogens is 430 g/mol. The van der Waals surface area contributed by atoms with Gasteiger partial charge >= 0.3 is 0 Å². The van der Waals surface area contributed by atoms with Crippen molar-refractivity contribution in [2.24, 2.45) is 11.1 Å². The van der Waals surface area contributed by atoms with Crippen LogP contribution >= 0.6 is 12.4 Å². The van der Waals surface area contributed by atoms with E-state index in [1.165, 1.54) is 18.7 Å². The number of H-pyrrole nitrogens is 1. The summed E-state index contributed by atoms with van der Waals surface area (Å²) in [5.41, 5.74) is 3.60. The van der Waals surface area contributed by atoms with Crippen LogP contribution < -0.4 is 20.1 Å². The van der Waals surface area contributed by atoms with Gasteiger partial charge in [0.1, 0.15) is 21.9 Å². The van der Waals surface area contributed by atoms with E-state index >= 15 is 0 Å². The lowest BCUT2D eigenvalue weighted by Gasteiger charge is -2.17. The highest BCUT2D eigenvalue weighted by atomic mass is 35.5. The van der Waals surface area contributed by atoms with Crippen LogP contribution in [0.3, 0.4) is 0 Å². The van der Waals surface area contributed by atoms with Crippen molar-refractivity contribution in [3.8, 4) is 17.0 Å². The molecule has 4 N–H and O–H groups in total. The maximum absolute atomic E-state index is 12.0. The van der Waals surface area contributed by atoms with E-state index in [0.717, 1.165) is 19.6 Å². The molecule has 0 radical (unpaired) electrons. The maximum Gasteiger partial charge on any atom is 0.241 e. The zero-order valence-electron chi connectivity index (χ0n) is 16.0. The molecule has 5 rings (SSSR count). The van der Waals surface area contributed by atoms with Crippen LogP contribution in [-0.2, 0) is 10.0 Å². The Morgan fingerprint density at radius 3 is 2.87 bits per heavy atom. The number of nitrogens with one attached hydrogen (secondary N) is 2. The first-order valence-corrected chi connectivity index (χ1v) is 10.6. The second-order valence-electron chi connectivity index (χ2n) is 7.09. The summed E-state index contributed by atoms with van der Waals surface area (Å²) in [5, 5.41) is 8.64. The van der Waals surface area contributed by atoms with E-state index in [1.807, 2.05) is 0 Å². The molecule has 1 aromatic carbocycles. The Kier molecular flexibility index (Phi) is 5.04. The smallest absolute Gasteiger partial charge is 0.241 e. The summed E-state index contributed by atoms with van der Waals surface area (Å²) in [7, 11) is -2.57. The Bertz CT molecular complexity index is 1260. The van der Waals surface area contributed by atoms with E-state index in [2.05, 4.69) is 31.4 Å². The number of methoxy groups -OCH3 is 1. The first-order valence-electron chi connectivity index (χ1n) is 9.03. The number of fused-ring (bicyclic) bond motifs is 2. The van der Waals surface area contributed by atoms with E-state index in [0.29, 0.717) is 34.3 Å². The Balaban J connectivity index is 0.00000218. The molecule has 1 fully saturated rings. The normalized spacial score (nSPS) is 18.0. The molecule has 30 heavy (non-hydrogen) atoms. The predicted molar refractivity (Wildman–Crippen MR) is 114 cm³/mol. The van der Waals surface area contributed by atoms with Crippen LogP contribution in [0.2, 0.25) is 0 Å². The van der Waals surface area contributed by atoms with Crippen molar-refractivity contribution < 1.29 is 13.2 Å². The summed E-state index contributed by atoms with van der Waals surface area (Å²) in [6.45, 7) is 2.48. The number of aromatic nitrogens is 4. The van der Waals surface area contributed by atoms with Gasteiger partial charge in [-0.3, -0.25) is 0 Å². The van der Waals surface area contributed by atoms with E-state index in [-0.39, 0.29) is 23.1 Å². The molecule has 2 aliphatic rings. The SMILES string of the molecule is COc1ccc(-c2nc(N3CC4=CNCC4C3)nc3nc[nH]c23)cc1S(N)(=O)=O.Cl.